The summed E-state index contributed by atoms with van der Waals surface area (Å²) in [5.41, 5.74) is 0.618. The van der Waals surface area contributed by atoms with Crippen LogP contribution in [0.3, 0.4) is 0 Å². The third-order valence-electron chi connectivity index (χ3n) is 2.94. The van der Waals surface area contributed by atoms with Gasteiger partial charge in [0.25, 0.3) is 0 Å². The van der Waals surface area contributed by atoms with Gasteiger partial charge in [-0.25, -0.2) is 0 Å². The van der Waals surface area contributed by atoms with Crippen molar-refractivity contribution in [1.82, 2.24) is 4.90 Å². The van der Waals surface area contributed by atoms with Gasteiger partial charge in [-0.2, -0.15) is 0 Å². The second-order valence-corrected chi connectivity index (χ2v) is 6.39. The maximum atomic E-state index is 2.62. The Bertz CT molecular complexity index is 214. The molecule has 1 aliphatic heterocycles. The lowest BCUT2D eigenvalue weighted by Gasteiger charge is -2.47. The van der Waals surface area contributed by atoms with Gasteiger partial charge >= 0.3 is 0 Å². The van der Waals surface area contributed by atoms with E-state index in [2.05, 4.69) is 58.6 Å². The molecule has 1 heteroatoms. The summed E-state index contributed by atoms with van der Waals surface area (Å²) in [7, 11) is 0. The topological polar surface area (TPSA) is 3.24 Å². The molecular weight excluding hydrogens is 170 g/mol. The molecule has 0 aromatic heterocycles. The fraction of sp³-hybridized carbons (Fsp3) is 0.846. The van der Waals surface area contributed by atoms with Crippen molar-refractivity contribution < 1.29 is 0 Å². The van der Waals surface area contributed by atoms with Gasteiger partial charge in [0.2, 0.25) is 0 Å². The van der Waals surface area contributed by atoms with E-state index in [9.17, 15) is 0 Å². The minimum atomic E-state index is 0.280. The molecule has 1 rings (SSSR count). The van der Waals surface area contributed by atoms with Crippen LogP contribution in [-0.4, -0.2) is 23.0 Å². The molecule has 0 fully saturated rings. The van der Waals surface area contributed by atoms with Crippen molar-refractivity contribution in [2.75, 3.05) is 6.54 Å². The van der Waals surface area contributed by atoms with Crippen molar-refractivity contribution in [1.29, 1.82) is 0 Å². The van der Waals surface area contributed by atoms with Crippen molar-refractivity contribution in [2.45, 2.75) is 59.5 Å². The molecule has 1 nitrogen and oxygen atoms in total. The predicted octanol–water partition coefficient (Wildman–Crippen LogP) is 3.46. The van der Waals surface area contributed by atoms with E-state index in [1.807, 2.05) is 0 Å². The molecule has 0 aliphatic carbocycles. The highest BCUT2D eigenvalue weighted by Gasteiger charge is 2.35. The molecule has 0 amide bonds. The maximum Gasteiger partial charge on any atom is 0.0332 e. The van der Waals surface area contributed by atoms with Crippen LogP contribution in [0.2, 0.25) is 0 Å². The van der Waals surface area contributed by atoms with Gasteiger partial charge in [-0.15, -0.1) is 0 Å². The maximum absolute atomic E-state index is 2.62. The number of rotatable bonds is 0. The number of hydrogen-bond donors (Lipinski definition) is 0. The third kappa shape index (κ3) is 2.60. The fourth-order valence-electron chi connectivity index (χ4n) is 2.19. The molecule has 82 valence electrons. The number of hydrogen-bond acceptors (Lipinski definition) is 1. The molecule has 0 aromatic rings. The summed E-state index contributed by atoms with van der Waals surface area (Å²) in [6.45, 7) is 15.1. The zero-order valence-corrected chi connectivity index (χ0v) is 10.6. The summed E-state index contributed by atoms with van der Waals surface area (Å²) >= 11 is 0. The van der Waals surface area contributed by atoms with E-state index < -0.39 is 0 Å². The summed E-state index contributed by atoms with van der Waals surface area (Å²) in [6, 6.07) is 0.580. The highest BCUT2D eigenvalue weighted by Crippen LogP contribution is 2.32. The van der Waals surface area contributed by atoms with E-state index in [1.54, 1.807) is 0 Å². The molecule has 0 bridgehead atoms. The van der Waals surface area contributed by atoms with Crippen molar-refractivity contribution in [3.63, 3.8) is 0 Å². The van der Waals surface area contributed by atoms with Crippen LogP contribution in [0.5, 0.6) is 0 Å². The van der Waals surface area contributed by atoms with Crippen LogP contribution in [0.25, 0.3) is 0 Å². The molecular formula is C13H25N. The lowest BCUT2D eigenvalue weighted by molar-refractivity contribution is 0.0444. The molecule has 0 spiro atoms. The number of nitrogens with zero attached hydrogens (tertiary/aromatic N) is 1. The second kappa shape index (κ2) is 3.69. The Kier molecular flexibility index (Phi) is 3.10. The van der Waals surface area contributed by atoms with Gasteiger partial charge in [0.1, 0.15) is 0 Å². The molecule has 0 saturated heterocycles. The normalized spacial score (nSPS) is 25.4. The molecule has 0 aromatic carbocycles. The average molecular weight is 195 g/mol. The Balaban J connectivity index is 2.90. The Hall–Kier alpha value is -0.300. The van der Waals surface area contributed by atoms with Crippen LogP contribution in [-0.2, 0) is 0 Å². The fourth-order valence-corrected chi connectivity index (χ4v) is 2.19. The second-order valence-electron chi connectivity index (χ2n) is 6.39. The predicted molar refractivity (Wildman–Crippen MR) is 63.5 cm³/mol. The zero-order valence-electron chi connectivity index (χ0n) is 10.6. The van der Waals surface area contributed by atoms with E-state index >= 15 is 0 Å². The van der Waals surface area contributed by atoms with Crippen LogP contribution in [0.15, 0.2) is 12.2 Å². The molecule has 14 heavy (non-hydrogen) atoms. The lowest BCUT2D eigenvalue weighted by atomic mass is 9.81. The molecule has 1 heterocycles. The van der Waals surface area contributed by atoms with Crippen LogP contribution in [0.1, 0.15) is 48.0 Å². The van der Waals surface area contributed by atoms with Crippen LogP contribution < -0.4 is 0 Å². The smallest absolute Gasteiger partial charge is 0.0332 e. The molecule has 0 N–H and O–H groups in total. The van der Waals surface area contributed by atoms with Gasteiger partial charge in [0.15, 0.2) is 0 Å². The summed E-state index contributed by atoms with van der Waals surface area (Å²) < 4.78 is 0. The summed E-state index contributed by atoms with van der Waals surface area (Å²) in [5.74, 6) is 0. The first-order valence-corrected chi connectivity index (χ1v) is 5.66. The lowest BCUT2D eigenvalue weighted by Crippen LogP contribution is -2.53. The van der Waals surface area contributed by atoms with Crippen LogP contribution >= 0.6 is 0 Å². The van der Waals surface area contributed by atoms with Gasteiger partial charge in [0, 0.05) is 18.1 Å². The first-order valence-electron chi connectivity index (χ1n) is 5.66. The van der Waals surface area contributed by atoms with Crippen molar-refractivity contribution in [2.24, 2.45) is 5.41 Å². The van der Waals surface area contributed by atoms with E-state index in [0.29, 0.717) is 11.5 Å². The molecule has 1 unspecified atom stereocenters. The summed E-state index contributed by atoms with van der Waals surface area (Å²) in [4.78, 5) is 2.62. The van der Waals surface area contributed by atoms with Gasteiger partial charge in [0.05, 0.1) is 0 Å². The van der Waals surface area contributed by atoms with Gasteiger partial charge in [-0.05, 0) is 32.6 Å². The largest absolute Gasteiger partial charge is 0.291 e. The quantitative estimate of drug-likeness (QED) is 0.535. The summed E-state index contributed by atoms with van der Waals surface area (Å²) in [6.07, 6.45) is 5.91. The first-order chi connectivity index (χ1) is 6.23. The average Bonchev–Trinajstić information content (AvgIpc) is 2.01. The summed E-state index contributed by atoms with van der Waals surface area (Å²) in [5, 5.41) is 0. The Morgan fingerprint density at radius 2 is 1.64 bits per heavy atom. The molecule has 1 atom stereocenters. The minimum Gasteiger partial charge on any atom is -0.291 e. The first kappa shape index (κ1) is 11.8. The molecule has 1 aliphatic rings. The van der Waals surface area contributed by atoms with E-state index in [-0.39, 0.29) is 5.54 Å². The van der Waals surface area contributed by atoms with Crippen molar-refractivity contribution in [3.8, 4) is 0 Å². The van der Waals surface area contributed by atoms with Crippen LogP contribution in [0, 0.1) is 5.41 Å². The zero-order chi connectivity index (χ0) is 11.0. The Labute approximate surface area is 89.2 Å². The third-order valence-corrected chi connectivity index (χ3v) is 2.94. The van der Waals surface area contributed by atoms with Crippen LogP contribution in [0.4, 0.5) is 0 Å². The molecule has 0 radical (unpaired) electrons. The monoisotopic (exact) mass is 195 g/mol. The molecule has 0 saturated carbocycles. The highest BCUT2D eigenvalue weighted by atomic mass is 15.2. The van der Waals surface area contributed by atoms with Gasteiger partial charge in [-0.1, -0.05) is 32.9 Å². The van der Waals surface area contributed by atoms with Crippen molar-refractivity contribution >= 4 is 0 Å². The standard InChI is InChI=1S/C13H25N/c1-12(2,3)11-9-7-8-10-14(11)13(4,5)6/h7,9,11H,8,10H2,1-6H3. The highest BCUT2D eigenvalue weighted by molar-refractivity contribution is 5.07. The van der Waals surface area contributed by atoms with E-state index in [4.69, 9.17) is 0 Å². The Morgan fingerprint density at radius 1 is 1.07 bits per heavy atom. The minimum absolute atomic E-state index is 0.280. The van der Waals surface area contributed by atoms with Gasteiger partial charge in [-0.3, -0.25) is 4.90 Å². The van der Waals surface area contributed by atoms with Crippen molar-refractivity contribution in [3.05, 3.63) is 12.2 Å². The Morgan fingerprint density at radius 3 is 2.00 bits per heavy atom. The van der Waals surface area contributed by atoms with E-state index in [0.717, 1.165) is 0 Å². The van der Waals surface area contributed by atoms with Gasteiger partial charge < -0.3 is 0 Å². The van der Waals surface area contributed by atoms with E-state index in [1.165, 1.54) is 13.0 Å². The SMILES string of the molecule is CC(C)(C)C1C=CCCN1C(C)(C)C.